The van der Waals surface area contributed by atoms with Gasteiger partial charge in [0.2, 0.25) is 5.91 Å². The maximum Gasteiger partial charge on any atom is 0.422 e. The molecule has 168 valence electrons. The van der Waals surface area contributed by atoms with Crippen LogP contribution in [0.5, 0.6) is 0 Å². The summed E-state index contributed by atoms with van der Waals surface area (Å²) < 4.78 is 42.6. The molecule has 3 rings (SSSR count). The molecule has 1 fully saturated rings. The Morgan fingerprint density at radius 3 is 2.32 bits per heavy atom. The van der Waals surface area contributed by atoms with Crippen molar-refractivity contribution >= 4 is 17.7 Å². The van der Waals surface area contributed by atoms with Crippen LogP contribution >= 0.6 is 0 Å². The summed E-state index contributed by atoms with van der Waals surface area (Å²) >= 11 is 0. The van der Waals surface area contributed by atoms with E-state index in [1.807, 2.05) is 45.0 Å². The Bertz CT molecular complexity index is 946. The molecule has 2 amide bonds. The van der Waals surface area contributed by atoms with E-state index in [-0.39, 0.29) is 24.9 Å². The van der Waals surface area contributed by atoms with Crippen molar-refractivity contribution in [3.8, 4) is 5.69 Å². The number of piperidine rings is 1. The van der Waals surface area contributed by atoms with Crippen LogP contribution < -0.4 is 5.32 Å². The lowest BCUT2D eigenvalue weighted by atomic mass is 9.96. The lowest BCUT2D eigenvalue weighted by molar-refractivity contribution is -0.162. The highest BCUT2D eigenvalue weighted by molar-refractivity contribution is 5.93. The number of anilines is 1. The fourth-order valence-electron chi connectivity index (χ4n) is 3.55. The maximum atomic E-state index is 12.8. The molecule has 31 heavy (non-hydrogen) atoms. The number of carbonyl (C=O) groups excluding carboxylic acids is 2. The Morgan fingerprint density at radius 2 is 1.74 bits per heavy atom. The van der Waals surface area contributed by atoms with E-state index in [1.165, 1.54) is 4.90 Å². The predicted octanol–water partition coefficient (Wildman–Crippen LogP) is 4.15. The molecule has 7 nitrogen and oxygen atoms in total. The average Bonchev–Trinajstić information content (AvgIpc) is 3.00. The minimum Gasteiger partial charge on any atom is -0.440 e. The fourth-order valence-corrected chi connectivity index (χ4v) is 3.55. The quantitative estimate of drug-likeness (QED) is 0.778. The third-order valence-corrected chi connectivity index (χ3v) is 5.30. The summed E-state index contributed by atoms with van der Waals surface area (Å²) in [5.74, 6) is -0.550. The number of rotatable bonds is 4. The van der Waals surface area contributed by atoms with Gasteiger partial charge in [-0.05, 0) is 45.7 Å². The number of hydrogen-bond acceptors (Lipinski definition) is 4. The molecule has 10 heteroatoms. The summed E-state index contributed by atoms with van der Waals surface area (Å²) in [6, 6.07) is 7.87. The van der Waals surface area contributed by atoms with Crippen molar-refractivity contribution in [1.29, 1.82) is 0 Å². The average molecular weight is 438 g/mol. The second-order valence-corrected chi connectivity index (χ2v) is 7.71. The Balaban J connectivity index is 1.59. The highest BCUT2D eigenvalue weighted by Crippen LogP contribution is 2.26. The molecular formula is C21H25F3N4O3. The summed E-state index contributed by atoms with van der Waals surface area (Å²) in [5.41, 5.74) is 4.13. The van der Waals surface area contributed by atoms with Gasteiger partial charge in [-0.2, -0.15) is 18.3 Å². The van der Waals surface area contributed by atoms with E-state index >= 15 is 0 Å². The predicted molar refractivity (Wildman–Crippen MR) is 108 cm³/mol. The van der Waals surface area contributed by atoms with E-state index in [9.17, 15) is 22.8 Å². The van der Waals surface area contributed by atoms with Crippen LogP contribution in [0, 0.1) is 26.7 Å². The van der Waals surface area contributed by atoms with Crippen molar-refractivity contribution in [2.24, 2.45) is 5.92 Å². The molecule has 1 aliphatic rings. The lowest BCUT2D eigenvalue weighted by Crippen LogP contribution is -2.42. The highest BCUT2D eigenvalue weighted by Gasteiger charge is 2.33. The molecule has 1 aliphatic heterocycles. The summed E-state index contributed by atoms with van der Waals surface area (Å²) in [4.78, 5) is 25.7. The SMILES string of the molecule is Cc1ccc(-n2nc(C)c(NC(=O)C3CCN(C(=O)OCC(F)(F)F)CC3)c2C)cc1. The molecule has 1 N–H and O–H groups in total. The molecule has 0 bridgehead atoms. The van der Waals surface area contributed by atoms with Gasteiger partial charge in [0.25, 0.3) is 0 Å². The van der Waals surface area contributed by atoms with Crippen LogP contribution in [0.4, 0.5) is 23.7 Å². The molecule has 1 saturated heterocycles. The monoisotopic (exact) mass is 438 g/mol. The number of hydrogen-bond donors (Lipinski definition) is 1. The van der Waals surface area contributed by atoms with Gasteiger partial charge < -0.3 is 15.0 Å². The number of aromatic nitrogens is 2. The van der Waals surface area contributed by atoms with Crippen LogP contribution in [0.3, 0.4) is 0 Å². The van der Waals surface area contributed by atoms with Crippen molar-refractivity contribution in [1.82, 2.24) is 14.7 Å². The van der Waals surface area contributed by atoms with Crippen molar-refractivity contribution in [2.45, 2.75) is 39.8 Å². The molecule has 0 atom stereocenters. The van der Waals surface area contributed by atoms with Crippen molar-refractivity contribution in [3.63, 3.8) is 0 Å². The Labute approximate surface area is 178 Å². The minimum atomic E-state index is -4.56. The van der Waals surface area contributed by atoms with Gasteiger partial charge in [-0.1, -0.05) is 17.7 Å². The molecule has 0 aliphatic carbocycles. The van der Waals surface area contributed by atoms with Crippen LogP contribution in [0.1, 0.15) is 29.8 Å². The first-order valence-corrected chi connectivity index (χ1v) is 9.97. The molecule has 0 saturated carbocycles. The van der Waals surface area contributed by atoms with Crippen molar-refractivity contribution in [3.05, 3.63) is 41.2 Å². The number of nitrogens with one attached hydrogen (secondary N) is 1. The number of nitrogens with zero attached hydrogens (tertiary/aromatic N) is 3. The number of amides is 2. The standard InChI is InChI=1S/C21H25F3N4O3/c1-13-4-6-17(7-5-13)28-15(3)18(14(2)26-28)25-19(29)16-8-10-27(11-9-16)20(30)31-12-21(22,23)24/h4-7,16H,8-12H2,1-3H3,(H,25,29). The fraction of sp³-hybridized carbons (Fsp3) is 0.476. The largest absolute Gasteiger partial charge is 0.440 e. The Hall–Kier alpha value is -3.04. The second-order valence-electron chi connectivity index (χ2n) is 7.71. The molecule has 0 unspecified atom stereocenters. The summed E-state index contributed by atoms with van der Waals surface area (Å²) in [5, 5.41) is 7.46. The van der Waals surface area contributed by atoms with E-state index < -0.39 is 18.9 Å². The van der Waals surface area contributed by atoms with Crippen LogP contribution in [0.15, 0.2) is 24.3 Å². The topological polar surface area (TPSA) is 76.5 Å². The van der Waals surface area contributed by atoms with Gasteiger partial charge in [-0.25, -0.2) is 9.48 Å². The van der Waals surface area contributed by atoms with Crippen LogP contribution in [0.2, 0.25) is 0 Å². The van der Waals surface area contributed by atoms with Gasteiger partial charge in [0.05, 0.1) is 22.8 Å². The number of likely N-dealkylation sites (tertiary alicyclic amines) is 1. The van der Waals surface area contributed by atoms with Crippen LogP contribution in [0.25, 0.3) is 5.69 Å². The maximum absolute atomic E-state index is 12.8. The minimum absolute atomic E-state index is 0.162. The first-order valence-electron chi connectivity index (χ1n) is 9.97. The molecule has 1 aromatic heterocycles. The number of aryl methyl sites for hydroxylation is 2. The molecule has 2 heterocycles. The van der Waals surface area contributed by atoms with Crippen LogP contribution in [-0.4, -0.2) is 52.6 Å². The van der Waals surface area contributed by atoms with E-state index in [0.29, 0.717) is 24.2 Å². The Kier molecular flexibility index (Phi) is 6.56. The number of benzene rings is 1. The first kappa shape index (κ1) is 22.6. The van der Waals surface area contributed by atoms with E-state index in [0.717, 1.165) is 16.9 Å². The van der Waals surface area contributed by atoms with Gasteiger partial charge in [0.15, 0.2) is 6.61 Å². The summed E-state index contributed by atoms with van der Waals surface area (Å²) in [6.45, 7) is 4.39. The smallest absolute Gasteiger partial charge is 0.422 e. The zero-order chi connectivity index (χ0) is 22.8. The lowest BCUT2D eigenvalue weighted by Gasteiger charge is -2.30. The molecule has 2 aromatic rings. The van der Waals surface area contributed by atoms with Gasteiger partial charge >= 0.3 is 12.3 Å². The summed E-state index contributed by atoms with van der Waals surface area (Å²) in [7, 11) is 0. The van der Waals surface area contributed by atoms with E-state index in [1.54, 1.807) is 4.68 Å². The zero-order valence-corrected chi connectivity index (χ0v) is 17.6. The number of ether oxygens (including phenoxy) is 1. The molecule has 0 radical (unpaired) electrons. The van der Waals surface area contributed by atoms with Gasteiger partial charge in [-0.15, -0.1) is 0 Å². The third kappa shape index (κ3) is 5.56. The molecule has 0 spiro atoms. The van der Waals surface area contributed by atoms with Gasteiger partial charge in [-0.3, -0.25) is 4.79 Å². The van der Waals surface area contributed by atoms with Gasteiger partial charge in [0, 0.05) is 19.0 Å². The number of alkyl halides is 3. The van der Waals surface area contributed by atoms with Crippen molar-refractivity contribution in [2.75, 3.05) is 25.0 Å². The molecular weight excluding hydrogens is 413 g/mol. The third-order valence-electron chi connectivity index (χ3n) is 5.30. The highest BCUT2D eigenvalue weighted by atomic mass is 19.4. The normalized spacial score (nSPS) is 15.1. The number of halogens is 3. The molecule has 1 aromatic carbocycles. The Morgan fingerprint density at radius 1 is 1.13 bits per heavy atom. The van der Waals surface area contributed by atoms with Crippen LogP contribution in [-0.2, 0) is 9.53 Å². The summed E-state index contributed by atoms with van der Waals surface area (Å²) in [6.07, 6.45) is -4.89. The van der Waals surface area contributed by atoms with Gasteiger partial charge in [0.1, 0.15) is 0 Å². The van der Waals surface area contributed by atoms with E-state index in [2.05, 4.69) is 15.2 Å². The first-order chi connectivity index (χ1) is 14.5. The zero-order valence-electron chi connectivity index (χ0n) is 17.6. The van der Waals surface area contributed by atoms with E-state index in [4.69, 9.17) is 0 Å². The van der Waals surface area contributed by atoms with Crippen molar-refractivity contribution < 1.29 is 27.5 Å². The number of carbonyl (C=O) groups is 2. The second kappa shape index (κ2) is 8.99.